The van der Waals surface area contributed by atoms with E-state index in [4.69, 9.17) is 16.3 Å². The first-order chi connectivity index (χ1) is 9.76. The maximum Gasteiger partial charge on any atom is 0.224 e. The Kier molecular flexibility index (Phi) is 3.71. The Morgan fingerprint density at radius 2 is 2.25 bits per heavy atom. The van der Waals surface area contributed by atoms with E-state index in [1.165, 1.54) is 0 Å². The number of rotatable bonds is 3. The first kappa shape index (κ1) is 13.1. The highest BCUT2D eigenvalue weighted by molar-refractivity contribution is 6.28. The molecule has 0 radical (unpaired) electrons. The minimum atomic E-state index is 0.262. The Hall–Kier alpha value is -1.85. The predicted octanol–water partition coefficient (Wildman–Crippen LogP) is 2.53. The summed E-state index contributed by atoms with van der Waals surface area (Å²) in [6, 6.07) is 7.71. The van der Waals surface area contributed by atoms with Crippen molar-refractivity contribution in [3.05, 3.63) is 40.8 Å². The maximum absolute atomic E-state index is 5.99. The van der Waals surface area contributed by atoms with Crippen LogP contribution in [0.15, 0.2) is 24.3 Å². The standard InChI is InChI=1S/C14H15ClN4O/c1-20-10-4-2-3-9(7-10)17-13-11-5-6-16-8-12(11)18-14(15)19-13/h2-4,7,16H,5-6,8H2,1H3,(H,17,18,19). The van der Waals surface area contributed by atoms with E-state index in [0.29, 0.717) is 0 Å². The molecule has 6 heteroatoms. The average Bonchev–Trinajstić information content (AvgIpc) is 2.47. The number of hydrogen-bond donors (Lipinski definition) is 2. The van der Waals surface area contributed by atoms with Gasteiger partial charge in [0, 0.05) is 23.9 Å². The average molecular weight is 291 g/mol. The smallest absolute Gasteiger partial charge is 0.224 e. The van der Waals surface area contributed by atoms with E-state index in [2.05, 4.69) is 20.6 Å². The summed E-state index contributed by atoms with van der Waals surface area (Å²) in [6.45, 7) is 1.65. The lowest BCUT2D eigenvalue weighted by Gasteiger charge is -2.19. The summed E-state index contributed by atoms with van der Waals surface area (Å²) >= 11 is 5.99. The van der Waals surface area contributed by atoms with Crippen molar-refractivity contribution in [3.63, 3.8) is 0 Å². The molecule has 0 saturated carbocycles. The van der Waals surface area contributed by atoms with Crippen LogP contribution in [-0.4, -0.2) is 23.6 Å². The molecule has 1 aliphatic rings. The topological polar surface area (TPSA) is 59.1 Å². The lowest BCUT2D eigenvalue weighted by Crippen LogP contribution is -2.26. The van der Waals surface area contributed by atoms with Gasteiger partial charge in [0.05, 0.1) is 12.8 Å². The normalized spacial score (nSPS) is 13.7. The molecule has 2 heterocycles. The lowest BCUT2D eigenvalue weighted by atomic mass is 10.1. The SMILES string of the molecule is COc1cccc(Nc2nc(Cl)nc3c2CCNC3)c1. The van der Waals surface area contributed by atoms with Crippen molar-refractivity contribution in [1.29, 1.82) is 0 Å². The van der Waals surface area contributed by atoms with Crippen LogP contribution in [0, 0.1) is 0 Å². The summed E-state index contributed by atoms with van der Waals surface area (Å²) in [7, 11) is 1.65. The second-order valence-electron chi connectivity index (χ2n) is 4.55. The third-order valence-corrected chi connectivity index (χ3v) is 3.41. The fraction of sp³-hybridized carbons (Fsp3) is 0.286. The molecule has 0 spiro atoms. The van der Waals surface area contributed by atoms with Gasteiger partial charge in [-0.25, -0.2) is 9.97 Å². The van der Waals surface area contributed by atoms with Crippen LogP contribution in [-0.2, 0) is 13.0 Å². The van der Waals surface area contributed by atoms with Crippen LogP contribution in [0.1, 0.15) is 11.3 Å². The van der Waals surface area contributed by atoms with E-state index in [1.54, 1.807) is 7.11 Å². The molecule has 0 bridgehead atoms. The molecule has 104 valence electrons. The molecular formula is C14H15ClN4O. The van der Waals surface area contributed by atoms with Gasteiger partial charge >= 0.3 is 0 Å². The Labute approximate surface area is 122 Å². The molecule has 1 aliphatic heterocycles. The van der Waals surface area contributed by atoms with Gasteiger partial charge in [0.1, 0.15) is 11.6 Å². The van der Waals surface area contributed by atoms with Crippen molar-refractivity contribution in [2.75, 3.05) is 19.0 Å². The second-order valence-corrected chi connectivity index (χ2v) is 4.89. The number of methoxy groups -OCH3 is 1. The third kappa shape index (κ3) is 2.69. The minimum absolute atomic E-state index is 0.262. The van der Waals surface area contributed by atoms with Crippen LogP contribution in [0.3, 0.4) is 0 Å². The number of fused-ring (bicyclic) bond motifs is 1. The van der Waals surface area contributed by atoms with Gasteiger partial charge in [0.15, 0.2) is 0 Å². The van der Waals surface area contributed by atoms with Gasteiger partial charge in [-0.05, 0) is 36.7 Å². The van der Waals surface area contributed by atoms with Crippen molar-refractivity contribution >= 4 is 23.1 Å². The van der Waals surface area contributed by atoms with Crippen LogP contribution in [0.4, 0.5) is 11.5 Å². The highest BCUT2D eigenvalue weighted by Crippen LogP contribution is 2.26. The minimum Gasteiger partial charge on any atom is -0.497 e. The molecule has 1 aromatic carbocycles. The fourth-order valence-electron chi connectivity index (χ4n) is 2.27. The first-order valence-electron chi connectivity index (χ1n) is 6.43. The molecule has 5 nitrogen and oxygen atoms in total. The van der Waals surface area contributed by atoms with Gasteiger partial charge < -0.3 is 15.4 Å². The quantitative estimate of drug-likeness (QED) is 0.851. The molecule has 0 unspecified atom stereocenters. The number of halogens is 1. The van der Waals surface area contributed by atoms with Crippen LogP contribution < -0.4 is 15.4 Å². The van der Waals surface area contributed by atoms with Gasteiger partial charge in [0.2, 0.25) is 5.28 Å². The number of hydrogen-bond acceptors (Lipinski definition) is 5. The molecule has 0 fully saturated rings. The summed E-state index contributed by atoms with van der Waals surface area (Å²) in [5.41, 5.74) is 3.00. The van der Waals surface area contributed by atoms with E-state index >= 15 is 0 Å². The molecule has 0 atom stereocenters. The molecule has 3 rings (SSSR count). The van der Waals surface area contributed by atoms with Crippen molar-refractivity contribution in [2.45, 2.75) is 13.0 Å². The zero-order valence-electron chi connectivity index (χ0n) is 11.1. The summed E-state index contributed by atoms with van der Waals surface area (Å²) in [6.07, 6.45) is 0.888. The molecule has 0 aliphatic carbocycles. The van der Waals surface area contributed by atoms with E-state index in [0.717, 1.165) is 48.0 Å². The monoisotopic (exact) mass is 290 g/mol. The van der Waals surface area contributed by atoms with Crippen LogP contribution >= 0.6 is 11.6 Å². The molecular weight excluding hydrogens is 276 g/mol. The van der Waals surface area contributed by atoms with Gasteiger partial charge in [-0.3, -0.25) is 0 Å². The van der Waals surface area contributed by atoms with Crippen LogP contribution in [0.5, 0.6) is 5.75 Å². The Morgan fingerprint density at radius 3 is 3.10 bits per heavy atom. The number of anilines is 2. The zero-order valence-corrected chi connectivity index (χ0v) is 11.9. The molecule has 0 amide bonds. The van der Waals surface area contributed by atoms with Crippen molar-refractivity contribution in [3.8, 4) is 5.75 Å². The summed E-state index contributed by atoms with van der Waals surface area (Å²) < 4.78 is 5.22. The molecule has 2 N–H and O–H groups in total. The van der Waals surface area contributed by atoms with Crippen molar-refractivity contribution in [2.24, 2.45) is 0 Å². The maximum atomic E-state index is 5.99. The largest absolute Gasteiger partial charge is 0.497 e. The summed E-state index contributed by atoms with van der Waals surface area (Å²) in [5, 5.41) is 6.85. The van der Waals surface area contributed by atoms with Crippen molar-refractivity contribution in [1.82, 2.24) is 15.3 Å². The van der Waals surface area contributed by atoms with Crippen LogP contribution in [0.25, 0.3) is 0 Å². The highest BCUT2D eigenvalue weighted by atomic mass is 35.5. The molecule has 2 aromatic rings. The summed E-state index contributed by atoms with van der Waals surface area (Å²) in [5.74, 6) is 1.57. The molecule has 1 aromatic heterocycles. The number of benzene rings is 1. The van der Waals surface area contributed by atoms with E-state index in [9.17, 15) is 0 Å². The van der Waals surface area contributed by atoms with Gasteiger partial charge in [-0.1, -0.05) is 6.07 Å². The second kappa shape index (κ2) is 5.64. The molecule has 0 saturated heterocycles. The first-order valence-corrected chi connectivity index (χ1v) is 6.81. The molecule has 20 heavy (non-hydrogen) atoms. The summed E-state index contributed by atoms with van der Waals surface area (Å²) in [4.78, 5) is 8.59. The van der Waals surface area contributed by atoms with Gasteiger partial charge in [0.25, 0.3) is 0 Å². The van der Waals surface area contributed by atoms with Crippen molar-refractivity contribution < 1.29 is 4.74 Å². The highest BCUT2D eigenvalue weighted by Gasteiger charge is 2.17. The fourth-order valence-corrected chi connectivity index (χ4v) is 2.46. The van der Waals surface area contributed by atoms with Gasteiger partial charge in [-0.2, -0.15) is 0 Å². The Morgan fingerprint density at radius 1 is 1.35 bits per heavy atom. The lowest BCUT2D eigenvalue weighted by molar-refractivity contribution is 0.415. The Bertz CT molecular complexity index is 633. The number of aromatic nitrogens is 2. The zero-order chi connectivity index (χ0) is 13.9. The Balaban J connectivity index is 1.95. The third-order valence-electron chi connectivity index (χ3n) is 3.24. The number of nitrogens with one attached hydrogen (secondary N) is 2. The number of nitrogens with zero attached hydrogens (tertiary/aromatic N) is 2. The number of ether oxygens (including phenoxy) is 1. The van der Waals surface area contributed by atoms with Gasteiger partial charge in [-0.15, -0.1) is 0 Å². The van der Waals surface area contributed by atoms with E-state index in [1.807, 2.05) is 24.3 Å². The van der Waals surface area contributed by atoms with E-state index < -0.39 is 0 Å². The van der Waals surface area contributed by atoms with E-state index in [-0.39, 0.29) is 5.28 Å². The predicted molar refractivity (Wildman–Crippen MR) is 78.7 cm³/mol. The van der Waals surface area contributed by atoms with Crippen LogP contribution in [0.2, 0.25) is 5.28 Å².